The maximum Gasteiger partial charge on any atom is 0.262 e. The molecule has 5 nitrogen and oxygen atoms in total. The Morgan fingerprint density at radius 2 is 1.52 bits per heavy atom. The van der Waals surface area contributed by atoms with Gasteiger partial charge in [-0.05, 0) is 79.6 Å². The molecule has 0 aromatic heterocycles. The monoisotopic (exact) mass is 464 g/mol. The van der Waals surface area contributed by atoms with Crippen LogP contribution in [0.3, 0.4) is 0 Å². The summed E-state index contributed by atoms with van der Waals surface area (Å²) in [7, 11) is -3.86. The van der Waals surface area contributed by atoms with Gasteiger partial charge in [-0.25, -0.2) is 8.42 Å². The summed E-state index contributed by atoms with van der Waals surface area (Å²) >= 11 is 0. The van der Waals surface area contributed by atoms with E-state index in [1.807, 2.05) is 50.2 Å². The van der Waals surface area contributed by atoms with Gasteiger partial charge >= 0.3 is 0 Å². The molecule has 3 aromatic rings. The molecule has 1 atom stereocenters. The predicted molar refractivity (Wildman–Crippen MR) is 134 cm³/mol. The molecule has 0 aliphatic heterocycles. The molecule has 33 heavy (non-hydrogen) atoms. The van der Waals surface area contributed by atoms with Gasteiger partial charge < -0.3 is 5.32 Å². The van der Waals surface area contributed by atoms with E-state index in [0.29, 0.717) is 22.7 Å². The van der Waals surface area contributed by atoms with Gasteiger partial charge in [0, 0.05) is 11.3 Å². The lowest BCUT2D eigenvalue weighted by atomic mass is 9.96. The van der Waals surface area contributed by atoms with Gasteiger partial charge in [0.25, 0.3) is 15.9 Å². The zero-order valence-corrected chi connectivity index (χ0v) is 20.7. The third-order valence-corrected chi connectivity index (χ3v) is 6.95. The van der Waals surface area contributed by atoms with Gasteiger partial charge in [-0.3, -0.25) is 9.52 Å². The Labute approximate surface area is 197 Å². The van der Waals surface area contributed by atoms with Crippen LogP contribution in [0, 0.1) is 26.7 Å². The Balaban J connectivity index is 1.88. The van der Waals surface area contributed by atoms with Crippen LogP contribution in [-0.2, 0) is 10.0 Å². The number of hydrogen-bond acceptors (Lipinski definition) is 3. The zero-order chi connectivity index (χ0) is 24.2. The van der Waals surface area contributed by atoms with Gasteiger partial charge in [0.2, 0.25) is 0 Å². The summed E-state index contributed by atoms with van der Waals surface area (Å²) in [5.74, 6) is 0.0822. The van der Waals surface area contributed by atoms with E-state index in [2.05, 4.69) is 23.9 Å². The minimum atomic E-state index is -3.86. The van der Waals surface area contributed by atoms with E-state index in [0.717, 1.165) is 23.1 Å². The van der Waals surface area contributed by atoms with Crippen LogP contribution in [0.2, 0.25) is 0 Å². The molecule has 0 aliphatic carbocycles. The normalized spacial score (nSPS) is 12.4. The molecule has 0 bridgehead atoms. The minimum Gasteiger partial charge on any atom is -0.345 e. The van der Waals surface area contributed by atoms with Crippen molar-refractivity contribution in [1.82, 2.24) is 5.32 Å². The van der Waals surface area contributed by atoms with Crippen LogP contribution in [0.25, 0.3) is 0 Å². The highest BCUT2D eigenvalue weighted by atomic mass is 32.2. The largest absolute Gasteiger partial charge is 0.345 e. The van der Waals surface area contributed by atoms with Crippen molar-refractivity contribution < 1.29 is 13.2 Å². The molecule has 0 spiro atoms. The maximum absolute atomic E-state index is 13.2. The lowest BCUT2D eigenvalue weighted by Gasteiger charge is -2.21. The van der Waals surface area contributed by atoms with E-state index >= 15 is 0 Å². The highest BCUT2D eigenvalue weighted by Crippen LogP contribution is 2.25. The van der Waals surface area contributed by atoms with Crippen LogP contribution < -0.4 is 10.0 Å². The number of carbonyl (C=O) groups is 1. The van der Waals surface area contributed by atoms with Crippen molar-refractivity contribution >= 4 is 21.6 Å². The Kier molecular flexibility index (Phi) is 7.59. The van der Waals surface area contributed by atoms with Crippen LogP contribution in [0.5, 0.6) is 0 Å². The van der Waals surface area contributed by atoms with Crippen molar-refractivity contribution in [2.75, 3.05) is 4.72 Å². The first-order valence-corrected chi connectivity index (χ1v) is 12.6. The molecular formula is C27H32N2O3S. The first kappa shape index (κ1) is 24.5. The molecule has 174 valence electrons. The molecule has 2 N–H and O–H groups in total. The second-order valence-electron chi connectivity index (χ2n) is 9.03. The van der Waals surface area contributed by atoms with Gasteiger partial charge in [0.15, 0.2) is 0 Å². The summed E-state index contributed by atoms with van der Waals surface area (Å²) in [5, 5.41) is 3.09. The highest BCUT2D eigenvalue weighted by Gasteiger charge is 2.22. The number of carbonyl (C=O) groups excluding carboxylic acids is 1. The number of sulfonamides is 1. The quantitative estimate of drug-likeness (QED) is 0.434. The molecule has 0 aliphatic rings. The number of benzene rings is 3. The molecule has 1 unspecified atom stereocenters. The lowest BCUT2D eigenvalue weighted by molar-refractivity contribution is 0.0931. The van der Waals surface area contributed by atoms with E-state index < -0.39 is 10.0 Å². The third-order valence-electron chi connectivity index (χ3n) is 5.43. The van der Waals surface area contributed by atoms with Crippen molar-refractivity contribution in [3.8, 4) is 0 Å². The van der Waals surface area contributed by atoms with Crippen molar-refractivity contribution in [3.63, 3.8) is 0 Å². The van der Waals surface area contributed by atoms with Crippen LogP contribution >= 0.6 is 0 Å². The number of anilines is 1. The van der Waals surface area contributed by atoms with Gasteiger partial charge in [-0.1, -0.05) is 56.3 Å². The van der Waals surface area contributed by atoms with Gasteiger partial charge in [0.1, 0.15) is 0 Å². The van der Waals surface area contributed by atoms with Crippen molar-refractivity contribution in [1.29, 1.82) is 0 Å². The molecule has 0 saturated heterocycles. The van der Waals surface area contributed by atoms with Crippen molar-refractivity contribution in [2.24, 2.45) is 5.92 Å². The maximum atomic E-state index is 13.2. The van der Waals surface area contributed by atoms with Gasteiger partial charge in [-0.15, -0.1) is 0 Å². The topological polar surface area (TPSA) is 75.3 Å². The summed E-state index contributed by atoms with van der Waals surface area (Å²) in [4.78, 5) is 13.2. The van der Waals surface area contributed by atoms with E-state index in [4.69, 9.17) is 0 Å². The standard InChI is InChI=1S/C27H32N2O3S/c1-18(2)13-25(22-9-7-6-8-10-22)28-27(30)23-12-11-21(5)26(17-23)33(31,32)29-24-15-19(3)14-20(4)16-24/h6-12,14-18,25,29H,13H2,1-5H3,(H,28,30). The lowest BCUT2D eigenvalue weighted by Crippen LogP contribution is -2.29. The summed E-state index contributed by atoms with van der Waals surface area (Å²) in [6.45, 7) is 9.78. The molecule has 3 rings (SSSR count). The van der Waals surface area contributed by atoms with Gasteiger partial charge in [0.05, 0.1) is 10.9 Å². The predicted octanol–water partition coefficient (Wildman–Crippen LogP) is 5.93. The first-order chi connectivity index (χ1) is 15.5. The number of hydrogen-bond donors (Lipinski definition) is 2. The number of rotatable bonds is 8. The van der Waals surface area contributed by atoms with E-state index in [1.54, 1.807) is 31.2 Å². The molecule has 0 heterocycles. The average molecular weight is 465 g/mol. The summed E-state index contributed by atoms with van der Waals surface area (Å²) in [6.07, 6.45) is 0.779. The van der Waals surface area contributed by atoms with Crippen molar-refractivity contribution in [2.45, 2.75) is 52.0 Å². The molecule has 1 amide bonds. The Hall–Kier alpha value is -3.12. The molecule has 3 aromatic carbocycles. The fraction of sp³-hybridized carbons (Fsp3) is 0.296. The molecular weight excluding hydrogens is 432 g/mol. The highest BCUT2D eigenvalue weighted by molar-refractivity contribution is 7.92. The second kappa shape index (κ2) is 10.2. The van der Waals surface area contributed by atoms with Crippen LogP contribution in [0.15, 0.2) is 71.6 Å². The summed E-state index contributed by atoms with van der Waals surface area (Å²) in [6, 6.07) is 20.0. The number of amides is 1. The van der Waals surface area contributed by atoms with Crippen LogP contribution in [-0.4, -0.2) is 14.3 Å². The SMILES string of the molecule is Cc1cc(C)cc(NS(=O)(=O)c2cc(C(=O)NC(CC(C)C)c3ccccc3)ccc2C)c1. The Morgan fingerprint density at radius 3 is 2.12 bits per heavy atom. The molecule has 0 radical (unpaired) electrons. The molecule has 6 heteroatoms. The second-order valence-corrected chi connectivity index (χ2v) is 10.7. The van der Waals surface area contributed by atoms with E-state index in [9.17, 15) is 13.2 Å². The first-order valence-electron chi connectivity index (χ1n) is 11.1. The fourth-order valence-electron chi connectivity index (χ4n) is 3.95. The number of nitrogens with one attached hydrogen (secondary N) is 2. The van der Waals surface area contributed by atoms with Crippen molar-refractivity contribution in [3.05, 3.63) is 94.5 Å². The fourth-order valence-corrected chi connectivity index (χ4v) is 5.26. The van der Waals surface area contributed by atoms with E-state index in [1.165, 1.54) is 6.07 Å². The average Bonchev–Trinajstić information content (AvgIpc) is 2.72. The van der Waals surface area contributed by atoms with Gasteiger partial charge in [-0.2, -0.15) is 0 Å². The van der Waals surface area contributed by atoms with Crippen LogP contribution in [0.1, 0.15) is 58.9 Å². The number of aryl methyl sites for hydroxylation is 3. The van der Waals surface area contributed by atoms with E-state index in [-0.39, 0.29) is 16.8 Å². The summed E-state index contributed by atoms with van der Waals surface area (Å²) in [5.41, 5.74) is 4.35. The third kappa shape index (κ3) is 6.45. The zero-order valence-electron chi connectivity index (χ0n) is 19.8. The van der Waals surface area contributed by atoms with Crippen LogP contribution in [0.4, 0.5) is 5.69 Å². The molecule has 0 saturated carbocycles. The summed E-state index contributed by atoms with van der Waals surface area (Å²) < 4.78 is 29.0. The Morgan fingerprint density at radius 1 is 0.879 bits per heavy atom. The molecule has 0 fully saturated rings. The minimum absolute atomic E-state index is 0.0921. The Bertz CT molecular complexity index is 1220. The smallest absolute Gasteiger partial charge is 0.262 e.